The number of nitrogens with one attached hydrogen (secondary N) is 2. The Morgan fingerprint density at radius 3 is 2.55 bits per heavy atom. The van der Waals surface area contributed by atoms with E-state index >= 15 is 0 Å². The topological polar surface area (TPSA) is 119 Å². The number of aromatic nitrogens is 1. The van der Waals surface area contributed by atoms with Crippen LogP contribution < -0.4 is 10.3 Å². The predicted octanol–water partition coefficient (Wildman–Crippen LogP) is 2.78. The molecular weight excluding hydrogens is 412 g/mol. The molecular formula is C20H18N2O5S2. The zero-order valence-corrected chi connectivity index (χ0v) is 16.8. The molecule has 0 radical (unpaired) electrons. The molecule has 0 aliphatic heterocycles. The Hall–Kier alpha value is -2.72. The van der Waals surface area contributed by atoms with E-state index in [2.05, 4.69) is 9.71 Å². The number of phenols is 1. The Morgan fingerprint density at radius 1 is 1.07 bits per heavy atom. The van der Waals surface area contributed by atoms with E-state index in [-0.39, 0.29) is 29.4 Å². The fourth-order valence-corrected chi connectivity index (χ4v) is 5.17. The second kappa shape index (κ2) is 7.60. The Kier molecular flexibility index (Phi) is 5.13. The monoisotopic (exact) mass is 430 g/mol. The quantitative estimate of drug-likeness (QED) is 0.351. The van der Waals surface area contributed by atoms with Gasteiger partial charge >= 0.3 is 0 Å². The number of pyridine rings is 1. The van der Waals surface area contributed by atoms with Crippen LogP contribution in [0.25, 0.3) is 32.1 Å². The van der Waals surface area contributed by atoms with Crippen molar-refractivity contribution in [3.63, 3.8) is 0 Å². The van der Waals surface area contributed by atoms with E-state index in [1.807, 2.05) is 11.4 Å². The van der Waals surface area contributed by atoms with Crippen LogP contribution in [0.1, 0.15) is 6.42 Å². The smallest absolute Gasteiger partial charge is 0.266 e. The number of rotatable bonds is 6. The van der Waals surface area contributed by atoms with Crippen LogP contribution in [-0.4, -0.2) is 36.8 Å². The van der Waals surface area contributed by atoms with Crippen molar-refractivity contribution in [2.24, 2.45) is 0 Å². The molecule has 0 amide bonds. The highest BCUT2D eigenvalue weighted by molar-refractivity contribution is 7.89. The highest BCUT2D eigenvalue weighted by Crippen LogP contribution is 2.39. The number of thiophene rings is 1. The molecule has 2 aromatic heterocycles. The molecule has 0 unspecified atom stereocenters. The van der Waals surface area contributed by atoms with Gasteiger partial charge in [0.25, 0.3) is 5.56 Å². The zero-order chi connectivity index (χ0) is 20.6. The highest BCUT2D eigenvalue weighted by atomic mass is 32.2. The molecule has 0 spiro atoms. The number of sulfonamides is 1. The van der Waals surface area contributed by atoms with E-state index in [1.165, 1.54) is 29.5 Å². The minimum Gasteiger partial charge on any atom is -0.507 e. The molecule has 0 aliphatic carbocycles. The molecule has 150 valence electrons. The number of aliphatic hydroxyl groups excluding tert-OH is 1. The summed E-state index contributed by atoms with van der Waals surface area (Å²) >= 11 is 1.32. The molecule has 0 aliphatic rings. The maximum Gasteiger partial charge on any atom is 0.266 e. The first kappa shape index (κ1) is 19.6. The van der Waals surface area contributed by atoms with Gasteiger partial charge in [-0.1, -0.05) is 12.1 Å². The van der Waals surface area contributed by atoms with Crippen molar-refractivity contribution in [1.82, 2.24) is 9.71 Å². The number of aromatic hydroxyl groups is 1. The lowest BCUT2D eigenvalue weighted by atomic mass is 9.97. The molecule has 29 heavy (non-hydrogen) atoms. The summed E-state index contributed by atoms with van der Waals surface area (Å²) in [7, 11) is -3.68. The number of benzene rings is 2. The van der Waals surface area contributed by atoms with E-state index in [0.29, 0.717) is 33.2 Å². The summed E-state index contributed by atoms with van der Waals surface area (Å²) in [6, 6.07) is 11.2. The van der Waals surface area contributed by atoms with E-state index in [9.17, 15) is 18.3 Å². The second-order valence-electron chi connectivity index (χ2n) is 6.50. The third-order valence-corrected chi connectivity index (χ3v) is 7.04. The van der Waals surface area contributed by atoms with Gasteiger partial charge in [-0.05, 0) is 47.7 Å². The average molecular weight is 431 g/mol. The Bertz CT molecular complexity index is 1360. The number of hydrogen-bond donors (Lipinski definition) is 4. The Morgan fingerprint density at radius 2 is 1.83 bits per heavy atom. The number of hydrogen-bond acceptors (Lipinski definition) is 6. The minimum atomic E-state index is -3.68. The highest BCUT2D eigenvalue weighted by Gasteiger charge is 2.17. The van der Waals surface area contributed by atoms with Crippen molar-refractivity contribution < 1.29 is 18.6 Å². The van der Waals surface area contributed by atoms with Gasteiger partial charge in [0, 0.05) is 35.0 Å². The van der Waals surface area contributed by atoms with Crippen molar-refractivity contribution in [3.05, 3.63) is 58.2 Å². The fraction of sp³-hybridized carbons (Fsp3) is 0.150. The number of fused-ring (bicyclic) bond motifs is 3. The largest absolute Gasteiger partial charge is 0.507 e. The van der Waals surface area contributed by atoms with Gasteiger partial charge in [-0.15, -0.1) is 11.3 Å². The van der Waals surface area contributed by atoms with E-state index in [4.69, 9.17) is 5.11 Å². The lowest BCUT2D eigenvalue weighted by Gasteiger charge is -2.12. The summed E-state index contributed by atoms with van der Waals surface area (Å²) in [6.07, 6.45) is 0.329. The summed E-state index contributed by atoms with van der Waals surface area (Å²) in [5.41, 5.74) is 1.56. The van der Waals surface area contributed by atoms with Crippen LogP contribution in [0, 0.1) is 0 Å². The van der Waals surface area contributed by atoms with E-state index in [1.54, 1.807) is 18.2 Å². The molecule has 7 nitrogen and oxygen atoms in total. The van der Waals surface area contributed by atoms with Crippen LogP contribution in [0.15, 0.2) is 57.5 Å². The third-order valence-electron chi connectivity index (χ3n) is 4.65. The lowest BCUT2D eigenvalue weighted by Crippen LogP contribution is -2.25. The normalized spacial score (nSPS) is 12.0. The molecule has 0 saturated carbocycles. The number of aromatic amines is 1. The van der Waals surface area contributed by atoms with Crippen LogP contribution in [0.4, 0.5) is 0 Å². The molecule has 2 aromatic carbocycles. The molecule has 4 N–H and O–H groups in total. The van der Waals surface area contributed by atoms with Crippen molar-refractivity contribution in [2.45, 2.75) is 11.3 Å². The van der Waals surface area contributed by atoms with Gasteiger partial charge in [0.1, 0.15) is 10.4 Å². The Labute approximate surface area is 170 Å². The molecule has 4 aromatic rings. The van der Waals surface area contributed by atoms with Crippen molar-refractivity contribution >= 4 is 42.3 Å². The van der Waals surface area contributed by atoms with E-state index < -0.39 is 10.0 Å². The van der Waals surface area contributed by atoms with Gasteiger partial charge in [-0.2, -0.15) is 0 Å². The van der Waals surface area contributed by atoms with E-state index in [0.717, 1.165) is 5.39 Å². The zero-order valence-electron chi connectivity index (χ0n) is 15.2. The maximum atomic E-state index is 12.3. The molecule has 0 fully saturated rings. The summed E-state index contributed by atoms with van der Waals surface area (Å²) in [5.74, 6) is 0.0359. The van der Waals surface area contributed by atoms with Gasteiger partial charge in [0.15, 0.2) is 0 Å². The van der Waals surface area contributed by atoms with Gasteiger partial charge in [-0.3, -0.25) is 4.79 Å². The summed E-state index contributed by atoms with van der Waals surface area (Å²) in [4.78, 5) is 15.2. The first-order chi connectivity index (χ1) is 13.9. The van der Waals surface area contributed by atoms with Gasteiger partial charge < -0.3 is 15.2 Å². The third kappa shape index (κ3) is 3.53. The Balaban J connectivity index is 1.84. The maximum absolute atomic E-state index is 12.3. The summed E-state index contributed by atoms with van der Waals surface area (Å²) < 4.78 is 27.7. The summed E-state index contributed by atoms with van der Waals surface area (Å²) in [5, 5.41) is 22.6. The summed E-state index contributed by atoms with van der Waals surface area (Å²) in [6.45, 7) is 0.0508. The van der Waals surface area contributed by atoms with Crippen molar-refractivity contribution in [3.8, 4) is 16.9 Å². The molecule has 9 heteroatoms. The van der Waals surface area contributed by atoms with Crippen LogP contribution in [0.5, 0.6) is 5.75 Å². The molecule has 0 saturated heterocycles. The van der Waals surface area contributed by atoms with Gasteiger partial charge in [0.05, 0.1) is 4.90 Å². The average Bonchev–Trinajstić information content (AvgIpc) is 3.19. The minimum absolute atomic E-state index is 0.0359. The molecule has 2 heterocycles. The lowest BCUT2D eigenvalue weighted by molar-refractivity contribution is 0.289. The van der Waals surface area contributed by atoms with Gasteiger partial charge in [0.2, 0.25) is 10.0 Å². The standard InChI is InChI=1S/C20H18N2O5S2/c23-10-1-9-21-29(26,27)13-4-2-12(3-5-13)17-16(24)7-6-15-18(17)14-8-11-28-19(14)20(25)22-15/h2-8,11,21,23-24H,1,9-10H2,(H,22,25). The van der Waals surface area contributed by atoms with Gasteiger partial charge in [-0.25, -0.2) is 13.1 Å². The van der Waals surface area contributed by atoms with Crippen LogP contribution in [-0.2, 0) is 10.0 Å². The first-order valence-corrected chi connectivity index (χ1v) is 11.2. The molecule has 0 atom stereocenters. The van der Waals surface area contributed by atoms with Crippen LogP contribution in [0.2, 0.25) is 0 Å². The van der Waals surface area contributed by atoms with Crippen molar-refractivity contribution in [2.75, 3.05) is 13.2 Å². The molecule has 4 rings (SSSR count). The number of aliphatic hydroxyl groups is 1. The van der Waals surface area contributed by atoms with Crippen LogP contribution >= 0.6 is 11.3 Å². The van der Waals surface area contributed by atoms with Crippen LogP contribution in [0.3, 0.4) is 0 Å². The molecule has 0 bridgehead atoms. The SMILES string of the molecule is O=c1[nH]c2ccc(O)c(-c3ccc(S(=O)(=O)NCCCO)cc3)c2c2ccsc12. The first-order valence-electron chi connectivity index (χ1n) is 8.88. The number of H-pyrrole nitrogens is 1. The second-order valence-corrected chi connectivity index (χ2v) is 9.18. The fourth-order valence-electron chi connectivity index (χ4n) is 3.30. The van der Waals surface area contributed by atoms with Crippen molar-refractivity contribution in [1.29, 1.82) is 0 Å². The number of phenolic OH excluding ortho intramolecular Hbond substituents is 1. The predicted molar refractivity (Wildman–Crippen MR) is 114 cm³/mol.